The van der Waals surface area contributed by atoms with Crippen molar-refractivity contribution in [1.29, 1.82) is 0 Å². The van der Waals surface area contributed by atoms with Crippen molar-refractivity contribution in [1.82, 2.24) is 10.2 Å². The summed E-state index contributed by atoms with van der Waals surface area (Å²) in [7, 11) is -2.35. The Morgan fingerprint density at radius 2 is 1.74 bits per heavy atom. The number of aryl methyl sites for hydroxylation is 1. The minimum atomic E-state index is -3.93. The molecule has 2 aromatic rings. The first kappa shape index (κ1) is 25.5. The molecule has 1 fully saturated rings. The van der Waals surface area contributed by atoms with Gasteiger partial charge in [-0.1, -0.05) is 17.7 Å². The number of carbonyl (C=O) groups excluding carboxylic acids is 1. The van der Waals surface area contributed by atoms with Gasteiger partial charge in [0.1, 0.15) is 0 Å². The van der Waals surface area contributed by atoms with E-state index in [9.17, 15) is 23.1 Å². The number of carboxylic acid groups (broad SMARTS) is 1. The minimum Gasteiger partial charge on any atom is -0.478 e. The Morgan fingerprint density at radius 3 is 2.35 bits per heavy atom. The van der Waals surface area contributed by atoms with Crippen LogP contribution < -0.4 is 14.9 Å². The number of methoxy groups -OCH3 is 1. The molecule has 1 aliphatic rings. The molecule has 0 spiro atoms. The fourth-order valence-corrected chi connectivity index (χ4v) is 4.71. The molecule has 0 radical (unpaired) electrons. The summed E-state index contributed by atoms with van der Waals surface area (Å²) in [6.07, 6.45) is 0. The van der Waals surface area contributed by atoms with Crippen molar-refractivity contribution in [3.05, 3.63) is 53.6 Å². The van der Waals surface area contributed by atoms with E-state index in [0.717, 1.165) is 5.56 Å². The number of hydrogen-bond acceptors (Lipinski definition) is 7. The van der Waals surface area contributed by atoms with Gasteiger partial charge in [-0.15, -0.1) is 0 Å². The summed E-state index contributed by atoms with van der Waals surface area (Å²) in [5, 5.41) is 12.5. The highest BCUT2D eigenvalue weighted by molar-refractivity contribution is 7.92. The van der Waals surface area contributed by atoms with Crippen molar-refractivity contribution in [3.63, 3.8) is 0 Å². The normalized spacial score (nSPS) is 14.6. The lowest BCUT2D eigenvalue weighted by Crippen LogP contribution is -2.49. The van der Waals surface area contributed by atoms with Crippen LogP contribution in [-0.2, 0) is 19.6 Å². The first-order chi connectivity index (χ1) is 16.2. The molecule has 0 unspecified atom stereocenters. The minimum absolute atomic E-state index is 0.00295. The zero-order valence-electron chi connectivity index (χ0n) is 19.3. The molecule has 0 aliphatic carbocycles. The van der Waals surface area contributed by atoms with Crippen molar-refractivity contribution in [2.45, 2.75) is 11.8 Å². The van der Waals surface area contributed by atoms with Crippen molar-refractivity contribution in [2.75, 3.05) is 62.6 Å². The molecule has 0 atom stereocenters. The predicted molar refractivity (Wildman–Crippen MR) is 129 cm³/mol. The van der Waals surface area contributed by atoms with E-state index in [1.807, 2.05) is 16.7 Å². The molecule has 1 saturated heterocycles. The summed E-state index contributed by atoms with van der Waals surface area (Å²) in [6, 6.07) is 11.0. The number of hydrogen-bond donors (Lipinski definition) is 3. The Balaban J connectivity index is 1.66. The molecule has 1 aliphatic heterocycles. The number of piperazine rings is 1. The number of benzene rings is 2. The highest BCUT2D eigenvalue weighted by Crippen LogP contribution is 2.26. The number of nitrogens with one attached hydrogen (secondary N) is 2. The lowest BCUT2D eigenvalue weighted by Gasteiger charge is -2.36. The van der Waals surface area contributed by atoms with Crippen LogP contribution in [-0.4, -0.2) is 83.3 Å². The summed E-state index contributed by atoms with van der Waals surface area (Å²) in [4.78, 5) is 28.0. The Hall–Kier alpha value is -3.15. The van der Waals surface area contributed by atoms with Crippen LogP contribution in [0.4, 0.5) is 11.4 Å². The topological polar surface area (TPSA) is 128 Å². The number of sulfonamides is 1. The molecular formula is C23H30N4O6S. The first-order valence-electron chi connectivity index (χ1n) is 10.9. The number of carbonyl (C=O) groups is 2. The van der Waals surface area contributed by atoms with E-state index in [0.29, 0.717) is 45.0 Å². The second-order valence-electron chi connectivity index (χ2n) is 8.06. The maximum atomic E-state index is 12.7. The quantitative estimate of drug-likeness (QED) is 0.426. The van der Waals surface area contributed by atoms with Gasteiger partial charge in [0, 0.05) is 45.5 Å². The molecule has 3 N–H and O–H groups in total. The van der Waals surface area contributed by atoms with Crippen LogP contribution in [0.2, 0.25) is 0 Å². The zero-order valence-corrected chi connectivity index (χ0v) is 20.1. The lowest BCUT2D eigenvalue weighted by atomic mass is 10.1. The van der Waals surface area contributed by atoms with Crippen LogP contribution in [0, 0.1) is 6.92 Å². The van der Waals surface area contributed by atoms with Gasteiger partial charge in [0.25, 0.3) is 10.0 Å². The third kappa shape index (κ3) is 6.69. The Bertz CT molecular complexity index is 1110. The van der Waals surface area contributed by atoms with E-state index in [1.54, 1.807) is 25.3 Å². The van der Waals surface area contributed by atoms with E-state index < -0.39 is 16.0 Å². The van der Waals surface area contributed by atoms with Gasteiger partial charge in [0.2, 0.25) is 5.91 Å². The number of rotatable bonds is 10. The second-order valence-corrected chi connectivity index (χ2v) is 9.74. The largest absolute Gasteiger partial charge is 0.478 e. The van der Waals surface area contributed by atoms with Crippen molar-refractivity contribution >= 4 is 33.3 Å². The van der Waals surface area contributed by atoms with Gasteiger partial charge in [-0.2, -0.15) is 0 Å². The molecule has 10 nitrogen and oxygen atoms in total. The molecule has 34 heavy (non-hydrogen) atoms. The number of carboxylic acids is 1. The van der Waals surface area contributed by atoms with Gasteiger partial charge >= 0.3 is 5.97 Å². The van der Waals surface area contributed by atoms with Gasteiger partial charge in [-0.25, -0.2) is 13.2 Å². The monoisotopic (exact) mass is 490 g/mol. The number of nitrogens with zero attached hydrogens (tertiary/aromatic N) is 2. The number of ether oxygens (including phenoxy) is 1. The van der Waals surface area contributed by atoms with E-state index in [4.69, 9.17) is 4.74 Å². The number of aromatic carboxylic acids is 1. The van der Waals surface area contributed by atoms with Gasteiger partial charge in [0.05, 0.1) is 29.3 Å². The van der Waals surface area contributed by atoms with Gasteiger partial charge in [-0.3, -0.25) is 14.4 Å². The Morgan fingerprint density at radius 1 is 1.06 bits per heavy atom. The maximum absolute atomic E-state index is 12.7. The van der Waals surface area contributed by atoms with Crippen LogP contribution >= 0.6 is 0 Å². The number of amides is 1. The van der Waals surface area contributed by atoms with Crippen molar-refractivity contribution in [2.24, 2.45) is 0 Å². The van der Waals surface area contributed by atoms with E-state index in [2.05, 4.69) is 10.0 Å². The summed E-state index contributed by atoms with van der Waals surface area (Å²) in [5.74, 6) is -1.29. The van der Waals surface area contributed by atoms with Crippen LogP contribution in [0.15, 0.2) is 47.4 Å². The fraction of sp³-hybridized carbons (Fsp3) is 0.391. The van der Waals surface area contributed by atoms with E-state index in [-0.39, 0.29) is 28.6 Å². The highest BCUT2D eigenvalue weighted by atomic mass is 32.2. The third-order valence-electron chi connectivity index (χ3n) is 5.54. The van der Waals surface area contributed by atoms with Crippen LogP contribution in [0.25, 0.3) is 0 Å². The maximum Gasteiger partial charge on any atom is 0.337 e. The third-order valence-corrected chi connectivity index (χ3v) is 6.92. The van der Waals surface area contributed by atoms with Crippen molar-refractivity contribution in [3.8, 4) is 0 Å². The zero-order chi connectivity index (χ0) is 24.7. The van der Waals surface area contributed by atoms with Crippen LogP contribution in [0.1, 0.15) is 15.9 Å². The van der Waals surface area contributed by atoms with E-state index in [1.165, 1.54) is 24.3 Å². The molecule has 1 heterocycles. The van der Waals surface area contributed by atoms with Gasteiger partial charge < -0.3 is 20.1 Å². The Labute approximate surface area is 199 Å². The number of anilines is 2. The molecule has 0 saturated carbocycles. The van der Waals surface area contributed by atoms with E-state index >= 15 is 0 Å². The highest BCUT2D eigenvalue weighted by Gasteiger charge is 2.23. The van der Waals surface area contributed by atoms with Crippen LogP contribution in [0.3, 0.4) is 0 Å². The summed E-state index contributed by atoms with van der Waals surface area (Å²) in [6.45, 7) is 5.57. The van der Waals surface area contributed by atoms with Crippen LogP contribution in [0.5, 0.6) is 0 Å². The molecule has 0 aromatic heterocycles. The predicted octanol–water partition coefficient (Wildman–Crippen LogP) is 1.38. The fourth-order valence-electron chi connectivity index (χ4n) is 3.63. The second kappa shape index (κ2) is 11.3. The first-order valence-corrected chi connectivity index (χ1v) is 12.4. The van der Waals surface area contributed by atoms with Crippen molar-refractivity contribution < 1.29 is 27.9 Å². The molecule has 0 bridgehead atoms. The molecule has 11 heteroatoms. The average Bonchev–Trinajstić information content (AvgIpc) is 2.80. The lowest BCUT2D eigenvalue weighted by molar-refractivity contribution is -0.122. The smallest absolute Gasteiger partial charge is 0.337 e. The summed E-state index contributed by atoms with van der Waals surface area (Å²) < 4.78 is 32.8. The summed E-state index contributed by atoms with van der Waals surface area (Å²) >= 11 is 0. The average molecular weight is 491 g/mol. The molecule has 184 valence electrons. The van der Waals surface area contributed by atoms with Gasteiger partial charge in [0.15, 0.2) is 0 Å². The van der Waals surface area contributed by atoms with Gasteiger partial charge in [-0.05, 0) is 37.3 Å². The summed E-state index contributed by atoms with van der Waals surface area (Å²) in [5.41, 5.74) is 1.47. The Kier molecular flexibility index (Phi) is 8.48. The molecular weight excluding hydrogens is 460 g/mol. The molecule has 3 rings (SSSR count). The SMILES string of the molecule is COCCNC(=O)CN1CCN(c2ccc(NS(=O)(=O)c3ccc(C)cc3)c(C(=O)O)c2)CC1. The molecule has 2 aromatic carbocycles. The molecule has 1 amide bonds. The standard InChI is InChI=1S/C23H30N4O6S/c1-17-3-6-19(7-4-17)34(31,32)25-21-8-5-18(15-20(21)23(29)30)27-12-10-26(11-13-27)16-22(28)24-9-14-33-2/h3-8,15,25H,9-14,16H2,1-2H3,(H,24,28)(H,29,30).